The Morgan fingerprint density at radius 1 is 1.56 bits per heavy atom. The highest BCUT2D eigenvalue weighted by atomic mass is 35.5. The van der Waals surface area contributed by atoms with Crippen LogP contribution in [0.25, 0.3) is 0 Å². The highest BCUT2D eigenvalue weighted by molar-refractivity contribution is 7.89. The Balaban J connectivity index is 2.41. The van der Waals surface area contributed by atoms with Gasteiger partial charge in [0.1, 0.15) is 5.02 Å². The lowest BCUT2D eigenvalue weighted by atomic mass is 10.3. The van der Waals surface area contributed by atoms with Crippen LogP contribution in [0.2, 0.25) is 5.02 Å². The van der Waals surface area contributed by atoms with Crippen molar-refractivity contribution in [3.63, 3.8) is 0 Å². The molecule has 0 unspecified atom stereocenters. The topological polar surface area (TPSA) is 79.5 Å². The van der Waals surface area contributed by atoms with Crippen molar-refractivity contribution in [2.45, 2.75) is 17.9 Å². The highest BCUT2D eigenvalue weighted by Crippen LogP contribution is 2.20. The molecule has 0 saturated carbocycles. The van der Waals surface area contributed by atoms with Gasteiger partial charge in [0.15, 0.2) is 0 Å². The number of rotatable bonds is 2. The van der Waals surface area contributed by atoms with Crippen LogP contribution in [0, 0.1) is 0 Å². The minimum atomic E-state index is -3.65. The zero-order chi connectivity index (χ0) is 13.3. The van der Waals surface area contributed by atoms with Crippen LogP contribution in [0.1, 0.15) is 6.92 Å². The first-order valence-corrected chi connectivity index (χ1v) is 7.22. The second-order valence-corrected chi connectivity index (χ2v) is 6.35. The van der Waals surface area contributed by atoms with Crippen LogP contribution >= 0.6 is 11.6 Å². The smallest absolute Gasteiger partial charge is 0.266 e. The van der Waals surface area contributed by atoms with E-state index in [2.05, 4.69) is 4.98 Å². The minimum Gasteiger partial charge on any atom is -0.378 e. The Morgan fingerprint density at radius 3 is 2.89 bits per heavy atom. The number of hydrogen-bond donors (Lipinski definition) is 1. The molecule has 100 valence electrons. The van der Waals surface area contributed by atoms with Crippen LogP contribution in [0.5, 0.6) is 0 Å². The van der Waals surface area contributed by atoms with E-state index in [0.29, 0.717) is 19.8 Å². The van der Waals surface area contributed by atoms with Gasteiger partial charge in [-0.1, -0.05) is 11.6 Å². The van der Waals surface area contributed by atoms with Gasteiger partial charge in [0.05, 0.1) is 18.1 Å². The number of ether oxygens (including phenoxy) is 1. The summed E-state index contributed by atoms with van der Waals surface area (Å²) in [5.74, 6) is 0. The number of hydrogen-bond acceptors (Lipinski definition) is 4. The molecule has 1 fully saturated rings. The SMILES string of the molecule is C[C@@H]1COCCN1S(=O)(=O)c1c[nH]c(=O)c(Cl)c1. The molecule has 2 rings (SSSR count). The molecular formula is C10H13ClN2O4S. The van der Waals surface area contributed by atoms with Crippen LogP contribution in [-0.4, -0.2) is 43.5 Å². The van der Waals surface area contributed by atoms with Crippen molar-refractivity contribution in [3.05, 3.63) is 27.6 Å². The first kappa shape index (κ1) is 13.5. The number of H-pyrrole nitrogens is 1. The van der Waals surface area contributed by atoms with Gasteiger partial charge in [-0.2, -0.15) is 4.31 Å². The maximum Gasteiger partial charge on any atom is 0.266 e. The van der Waals surface area contributed by atoms with Crippen molar-refractivity contribution in [1.29, 1.82) is 0 Å². The van der Waals surface area contributed by atoms with Gasteiger partial charge in [0, 0.05) is 18.8 Å². The molecule has 1 aromatic heterocycles. The van der Waals surface area contributed by atoms with Crippen molar-refractivity contribution in [3.8, 4) is 0 Å². The van der Waals surface area contributed by atoms with Gasteiger partial charge in [-0.15, -0.1) is 0 Å². The molecule has 8 heteroatoms. The van der Waals surface area contributed by atoms with E-state index >= 15 is 0 Å². The number of pyridine rings is 1. The second-order valence-electron chi connectivity index (χ2n) is 4.05. The van der Waals surface area contributed by atoms with Gasteiger partial charge >= 0.3 is 0 Å². The first-order chi connectivity index (χ1) is 8.43. The Hall–Kier alpha value is -0.890. The number of nitrogens with one attached hydrogen (secondary N) is 1. The molecule has 18 heavy (non-hydrogen) atoms. The molecule has 0 aromatic carbocycles. The van der Waals surface area contributed by atoms with Crippen molar-refractivity contribution >= 4 is 21.6 Å². The molecule has 1 N–H and O–H groups in total. The zero-order valence-electron chi connectivity index (χ0n) is 9.72. The standard InChI is InChI=1S/C10H13ClN2O4S/c1-7-6-17-3-2-13(7)18(15,16)8-4-9(11)10(14)12-5-8/h4-5,7H,2-3,6H2,1H3,(H,12,14)/t7-/m1/s1. The van der Waals surface area contributed by atoms with Crippen LogP contribution < -0.4 is 5.56 Å². The molecular weight excluding hydrogens is 280 g/mol. The first-order valence-electron chi connectivity index (χ1n) is 5.41. The Labute approximate surface area is 110 Å². The van der Waals surface area contributed by atoms with E-state index in [9.17, 15) is 13.2 Å². The van der Waals surface area contributed by atoms with Crippen molar-refractivity contribution in [1.82, 2.24) is 9.29 Å². The fourth-order valence-electron chi connectivity index (χ4n) is 1.79. The predicted octanol–water partition coefficient (Wildman–Crippen LogP) is 0.438. The molecule has 0 bridgehead atoms. The molecule has 1 saturated heterocycles. The van der Waals surface area contributed by atoms with Crippen molar-refractivity contribution < 1.29 is 13.2 Å². The normalized spacial score (nSPS) is 22.0. The summed E-state index contributed by atoms with van der Waals surface area (Å²) in [6, 6.07) is 0.923. The Morgan fingerprint density at radius 2 is 2.28 bits per heavy atom. The van der Waals surface area contributed by atoms with Gasteiger partial charge < -0.3 is 9.72 Å². The van der Waals surface area contributed by atoms with E-state index in [1.54, 1.807) is 6.92 Å². The van der Waals surface area contributed by atoms with E-state index < -0.39 is 15.6 Å². The van der Waals surface area contributed by atoms with Gasteiger partial charge in [-0.3, -0.25) is 4.79 Å². The van der Waals surface area contributed by atoms with Gasteiger partial charge in [0.25, 0.3) is 5.56 Å². The third-order valence-corrected chi connectivity index (χ3v) is 5.02. The monoisotopic (exact) mass is 292 g/mol. The van der Waals surface area contributed by atoms with Crippen LogP contribution in [0.3, 0.4) is 0 Å². The third kappa shape index (κ3) is 2.44. The van der Waals surface area contributed by atoms with E-state index in [-0.39, 0.29) is 16.0 Å². The Kier molecular flexibility index (Phi) is 3.76. The number of aromatic amines is 1. The average Bonchev–Trinajstić information content (AvgIpc) is 2.33. The van der Waals surface area contributed by atoms with E-state index in [1.165, 1.54) is 4.31 Å². The summed E-state index contributed by atoms with van der Waals surface area (Å²) >= 11 is 5.64. The minimum absolute atomic E-state index is 0.0131. The molecule has 0 aliphatic carbocycles. The number of morpholine rings is 1. The van der Waals surface area contributed by atoms with Gasteiger partial charge in [-0.05, 0) is 13.0 Å². The summed E-state index contributed by atoms with van der Waals surface area (Å²) in [4.78, 5) is 13.4. The lowest BCUT2D eigenvalue weighted by molar-refractivity contribution is 0.0392. The molecule has 1 aliphatic rings. The van der Waals surface area contributed by atoms with E-state index in [4.69, 9.17) is 16.3 Å². The Bertz CT molecular complexity index is 598. The zero-order valence-corrected chi connectivity index (χ0v) is 11.3. The average molecular weight is 293 g/mol. The quantitative estimate of drug-likeness (QED) is 0.858. The molecule has 1 atom stereocenters. The molecule has 6 nitrogen and oxygen atoms in total. The summed E-state index contributed by atoms with van der Waals surface area (Å²) in [6.07, 6.45) is 1.16. The second kappa shape index (κ2) is 5.00. The van der Waals surface area contributed by atoms with Crippen molar-refractivity contribution in [2.75, 3.05) is 19.8 Å². The summed E-state index contributed by atoms with van der Waals surface area (Å²) in [6.45, 7) is 2.78. The molecule has 2 heterocycles. The lowest BCUT2D eigenvalue weighted by Crippen LogP contribution is -2.47. The molecule has 0 radical (unpaired) electrons. The highest BCUT2D eigenvalue weighted by Gasteiger charge is 2.31. The van der Waals surface area contributed by atoms with Gasteiger partial charge in [0.2, 0.25) is 10.0 Å². The lowest BCUT2D eigenvalue weighted by Gasteiger charge is -2.32. The molecule has 0 amide bonds. The summed E-state index contributed by atoms with van der Waals surface area (Å²) in [7, 11) is -3.65. The number of halogens is 1. The molecule has 0 spiro atoms. The van der Waals surface area contributed by atoms with Crippen LogP contribution in [0.15, 0.2) is 22.0 Å². The summed E-state index contributed by atoms with van der Waals surface area (Å²) < 4.78 is 31.2. The summed E-state index contributed by atoms with van der Waals surface area (Å²) in [5, 5.41) is -0.142. The summed E-state index contributed by atoms with van der Waals surface area (Å²) in [5.41, 5.74) is -0.509. The molecule has 1 aromatic rings. The fraction of sp³-hybridized carbons (Fsp3) is 0.500. The molecule has 1 aliphatic heterocycles. The van der Waals surface area contributed by atoms with E-state index in [1.807, 2.05) is 0 Å². The predicted molar refractivity (Wildman–Crippen MR) is 66.2 cm³/mol. The van der Waals surface area contributed by atoms with Crippen LogP contribution in [0.4, 0.5) is 0 Å². The van der Waals surface area contributed by atoms with Gasteiger partial charge in [-0.25, -0.2) is 8.42 Å². The largest absolute Gasteiger partial charge is 0.378 e. The van der Waals surface area contributed by atoms with Crippen LogP contribution in [-0.2, 0) is 14.8 Å². The fourth-order valence-corrected chi connectivity index (χ4v) is 3.62. The van der Waals surface area contributed by atoms with Crippen molar-refractivity contribution in [2.24, 2.45) is 0 Å². The maximum absolute atomic E-state index is 12.4. The maximum atomic E-state index is 12.4. The third-order valence-electron chi connectivity index (χ3n) is 2.74. The number of nitrogens with zero attached hydrogens (tertiary/aromatic N) is 1. The van der Waals surface area contributed by atoms with E-state index in [0.717, 1.165) is 12.3 Å². The number of aromatic nitrogens is 1. The number of sulfonamides is 1.